The quantitative estimate of drug-likeness (QED) is 0.788. The Morgan fingerprint density at radius 3 is 2.50 bits per heavy atom. The molecule has 1 fully saturated rings. The highest BCUT2D eigenvalue weighted by Crippen LogP contribution is 2.20. The monoisotopic (exact) mass is 277 g/mol. The van der Waals surface area contributed by atoms with Crippen LogP contribution in [-0.2, 0) is 15.0 Å². The first-order chi connectivity index (χ1) is 8.25. The van der Waals surface area contributed by atoms with E-state index >= 15 is 0 Å². The molecule has 0 spiro atoms. The molecule has 1 unspecified atom stereocenters. The molecule has 1 saturated heterocycles. The van der Waals surface area contributed by atoms with E-state index in [2.05, 4.69) is 5.32 Å². The van der Waals surface area contributed by atoms with Crippen molar-refractivity contribution in [2.75, 3.05) is 27.2 Å². The molecule has 1 aliphatic rings. The molecule has 0 aliphatic carbocycles. The van der Waals surface area contributed by atoms with Crippen molar-refractivity contribution >= 4 is 16.1 Å². The first-order valence-electron chi connectivity index (χ1n) is 6.23. The number of hydrogen-bond donors (Lipinski definition) is 1. The van der Waals surface area contributed by atoms with Crippen molar-refractivity contribution in [3.05, 3.63) is 0 Å². The second-order valence-corrected chi connectivity index (χ2v) is 7.29. The van der Waals surface area contributed by atoms with Crippen LogP contribution in [0, 0.1) is 5.92 Å². The van der Waals surface area contributed by atoms with Gasteiger partial charge in [-0.05, 0) is 26.7 Å². The zero-order valence-corrected chi connectivity index (χ0v) is 12.3. The van der Waals surface area contributed by atoms with E-state index in [1.54, 1.807) is 0 Å². The summed E-state index contributed by atoms with van der Waals surface area (Å²) in [6, 6.07) is 0.0818. The van der Waals surface area contributed by atoms with Crippen molar-refractivity contribution in [3.63, 3.8) is 0 Å². The summed E-state index contributed by atoms with van der Waals surface area (Å²) in [4.78, 5) is 11.9. The maximum Gasteiger partial charge on any atom is 0.281 e. The second kappa shape index (κ2) is 5.99. The van der Waals surface area contributed by atoms with Crippen molar-refractivity contribution in [2.45, 2.75) is 32.7 Å². The van der Waals surface area contributed by atoms with Gasteiger partial charge < -0.3 is 5.32 Å². The lowest BCUT2D eigenvalue weighted by Crippen LogP contribution is -2.49. The minimum atomic E-state index is -3.41. The van der Waals surface area contributed by atoms with Gasteiger partial charge in [-0.3, -0.25) is 4.79 Å². The summed E-state index contributed by atoms with van der Waals surface area (Å²) in [6.45, 7) is 4.56. The maximum atomic E-state index is 12.0. The van der Waals surface area contributed by atoms with Gasteiger partial charge in [0.15, 0.2) is 0 Å². The first-order valence-corrected chi connectivity index (χ1v) is 7.62. The molecule has 1 heterocycles. The van der Waals surface area contributed by atoms with E-state index in [-0.39, 0.29) is 24.4 Å². The van der Waals surface area contributed by atoms with Gasteiger partial charge in [0.25, 0.3) is 10.2 Å². The molecule has 1 rings (SSSR count). The average molecular weight is 277 g/mol. The molecule has 0 aromatic carbocycles. The van der Waals surface area contributed by atoms with Gasteiger partial charge >= 0.3 is 0 Å². The van der Waals surface area contributed by atoms with Gasteiger partial charge in [0.2, 0.25) is 5.91 Å². The van der Waals surface area contributed by atoms with E-state index in [0.29, 0.717) is 6.54 Å². The predicted molar refractivity (Wildman–Crippen MR) is 70.2 cm³/mol. The molecule has 1 N–H and O–H groups in total. The third kappa shape index (κ3) is 3.66. The van der Waals surface area contributed by atoms with Gasteiger partial charge in [-0.1, -0.05) is 0 Å². The molecule has 0 radical (unpaired) electrons. The highest BCUT2D eigenvalue weighted by Gasteiger charge is 2.33. The van der Waals surface area contributed by atoms with Crippen LogP contribution < -0.4 is 5.32 Å². The summed E-state index contributed by atoms with van der Waals surface area (Å²) in [5.41, 5.74) is 0. The van der Waals surface area contributed by atoms with Crippen molar-refractivity contribution in [1.29, 1.82) is 0 Å². The van der Waals surface area contributed by atoms with Gasteiger partial charge in [0.05, 0.1) is 5.92 Å². The first kappa shape index (κ1) is 15.4. The molecule has 1 amide bonds. The topological polar surface area (TPSA) is 69.7 Å². The van der Waals surface area contributed by atoms with Crippen LogP contribution in [0.2, 0.25) is 0 Å². The molecule has 7 heteroatoms. The summed E-state index contributed by atoms with van der Waals surface area (Å²) in [6.07, 6.45) is 1.47. The zero-order valence-electron chi connectivity index (χ0n) is 11.5. The number of amides is 1. The van der Waals surface area contributed by atoms with Crippen LogP contribution in [0.1, 0.15) is 26.7 Å². The number of carbonyl (C=O) groups excluding carboxylic acids is 1. The van der Waals surface area contributed by atoms with Crippen LogP contribution in [0.3, 0.4) is 0 Å². The summed E-state index contributed by atoms with van der Waals surface area (Å²) in [5.74, 6) is -0.292. The lowest BCUT2D eigenvalue weighted by atomic mass is 9.98. The molecule has 1 atom stereocenters. The Balaban J connectivity index is 2.70. The Morgan fingerprint density at radius 1 is 1.39 bits per heavy atom. The van der Waals surface area contributed by atoms with Crippen molar-refractivity contribution < 1.29 is 13.2 Å². The second-order valence-electron chi connectivity index (χ2n) is 5.15. The molecule has 106 valence electrons. The van der Waals surface area contributed by atoms with E-state index in [4.69, 9.17) is 0 Å². The minimum Gasteiger partial charge on any atom is -0.354 e. The van der Waals surface area contributed by atoms with Crippen LogP contribution in [0.5, 0.6) is 0 Å². The van der Waals surface area contributed by atoms with Gasteiger partial charge in [0, 0.05) is 33.2 Å². The van der Waals surface area contributed by atoms with E-state index in [1.807, 2.05) is 13.8 Å². The number of nitrogens with one attached hydrogen (secondary N) is 1. The zero-order chi connectivity index (χ0) is 13.9. The fourth-order valence-electron chi connectivity index (χ4n) is 2.00. The van der Waals surface area contributed by atoms with E-state index in [0.717, 1.165) is 12.8 Å². The van der Waals surface area contributed by atoms with E-state index in [9.17, 15) is 13.2 Å². The van der Waals surface area contributed by atoms with Gasteiger partial charge in [0.1, 0.15) is 0 Å². The lowest BCUT2D eigenvalue weighted by Gasteiger charge is -2.33. The number of piperidine rings is 1. The van der Waals surface area contributed by atoms with Crippen molar-refractivity contribution in [3.8, 4) is 0 Å². The minimum absolute atomic E-state index is 0.0522. The fourth-order valence-corrected chi connectivity index (χ4v) is 3.19. The Bertz CT molecular complexity index is 392. The van der Waals surface area contributed by atoms with Gasteiger partial charge in [-0.25, -0.2) is 0 Å². The molecule has 6 nitrogen and oxygen atoms in total. The van der Waals surface area contributed by atoms with Crippen LogP contribution in [-0.4, -0.2) is 56.2 Å². The van der Waals surface area contributed by atoms with Crippen LogP contribution in [0.25, 0.3) is 0 Å². The number of rotatable bonds is 4. The highest BCUT2D eigenvalue weighted by atomic mass is 32.2. The van der Waals surface area contributed by atoms with Gasteiger partial charge in [-0.2, -0.15) is 17.0 Å². The number of nitrogens with zero attached hydrogens (tertiary/aromatic N) is 2. The summed E-state index contributed by atoms with van der Waals surface area (Å²) >= 11 is 0. The van der Waals surface area contributed by atoms with Crippen molar-refractivity contribution in [2.24, 2.45) is 5.92 Å². The fraction of sp³-hybridized carbons (Fsp3) is 0.909. The van der Waals surface area contributed by atoms with Crippen LogP contribution in [0.4, 0.5) is 0 Å². The summed E-state index contributed by atoms with van der Waals surface area (Å²) in [7, 11) is -0.394. The third-order valence-corrected chi connectivity index (χ3v) is 4.88. The normalized spacial score (nSPS) is 22.4. The summed E-state index contributed by atoms with van der Waals surface area (Å²) < 4.78 is 26.6. The maximum absolute atomic E-state index is 12.0. The van der Waals surface area contributed by atoms with Gasteiger partial charge in [-0.15, -0.1) is 0 Å². The van der Waals surface area contributed by atoms with E-state index in [1.165, 1.54) is 22.7 Å². The third-order valence-electron chi connectivity index (χ3n) is 2.97. The summed E-state index contributed by atoms with van der Waals surface area (Å²) in [5, 5.41) is 2.84. The van der Waals surface area contributed by atoms with E-state index < -0.39 is 10.2 Å². The molecule has 0 aromatic heterocycles. The largest absolute Gasteiger partial charge is 0.354 e. The molecular weight excluding hydrogens is 254 g/mol. The van der Waals surface area contributed by atoms with Crippen LogP contribution >= 0.6 is 0 Å². The Morgan fingerprint density at radius 2 is 2.00 bits per heavy atom. The molecular formula is C11H23N3O3S. The molecule has 0 saturated carbocycles. The molecule has 0 aromatic rings. The Kier molecular flexibility index (Phi) is 5.12. The Labute approximate surface area is 110 Å². The average Bonchev–Trinajstić information content (AvgIpc) is 2.28. The highest BCUT2D eigenvalue weighted by molar-refractivity contribution is 7.86. The molecule has 0 bridgehead atoms. The predicted octanol–water partition coefficient (Wildman–Crippen LogP) is 0.0294. The Hall–Kier alpha value is -0.660. The van der Waals surface area contributed by atoms with Crippen molar-refractivity contribution in [1.82, 2.24) is 13.9 Å². The SMILES string of the molecule is CC(C)NC(=O)C1CCCN(S(=O)(=O)N(C)C)C1. The van der Waals surface area contributed by atoms with Crippen LogP contribution in [0.15, 0.2) is 0 Å². The standard InChI is InChI=1S/C11H23N3O3S/c1-9(2)12-11(15)10-6-5-7-14(8-10)18(16,17)13(3)4/h9-10H,5-8H2,1-4H3,(H,12,15). The number of carbonyl (C=O) groups is 1. The smallest absolute Gasteiger partial charge is 0.281 e. The lowest BCUT2D eigenvalue weighted by molar-refractivity contribution is -0.126. The molecule has 18 heavy (non-hydrogen) atoms. The molecule has 1 aliphatic heterocycles. The number of hydrogen-bond acceptors (Lipinski definition) is 3.